The van der Waals surface area contributed by atoms with Gasteiger partial charge in [-0.1, -0.05) is 18.2 Å². The van der Waals surface area contributed by atoms with Crippen molar-refractivity contribution in [3.05, 3.63) is 77.5 Å². The number of carbonyl (C=O) groups excluding carboxylic acids is 1. The first-order chi connectivity index (χ1) is 18.4. The Labute approximate surface area is 231 Å². The van der Waals surface area contributed by atoms with Gasteiger partial charge in [0.25, 0.3) is 0 Å². The van der Waals surface area contributed by atoms with Gasteiger partial charge in [-0.05, 0) is 94.7 Å². The van der Waals surface area contributed by atoms with E-state index in [9.17, 15) is 18.0 Å². The Morgan fingerprint density at radius 3 is 2.36 bits per heavy atom. The smallest absolute Gasteiger partial charge is 0.416 e. The predicted molar refractivity (Wildman–Crippen MR) is 145 cm³/mol. The van der Waals surface area contributed by atoms with Gasteiger partial charge in [0, 0.05) is 10.3 Å². The highest BCUT2D eigenvalue weighted by Crippen LogP contribution is 2.33. The number of aryl methyl sites for hydroxylation is 1. The van der Waals surface area contributed by atoms with Gasteiger partial charge in [0.15, 0.2) is 12.7 Å². The fourth-order valence-corrected chi connectivity index (χ4v) is 3.98. The van der Waals surface area contributed by atoms with Gasteiger partial charge in [-0.3, -0.25) is 0 Å². The molecule has 0 fully saturated rings. The third-order valence-corrected chi connectivity index (χ3v) is 5.97. The molecular weight excluding hydrogens is 531 g/mol. The molecule has 0 amide bonds. The Bertz CT molecular complexity index is 1240. The molecule has 39 heavy (non-hydrogen) atoms. The van der Waals surface area contributed by atoms with Crippen LogP contribution in [0.25, 0.3) is 11.3 Å². The molecule has 1 aromatic heterocycles. The van der Waals surface area contributed by atoms with Crippen LogP contribution >= 0.6 is 12.0 Å². The highest BCUT2D eigenvalue weighted by Gasteiger charge is 2.30. The van der Waals surface area contributed by atoms with Crippen molar-refractivity contribution in [3.8, 4) is 22.8 Å². The number of benzene rings is 2. The van der Waals surface area contributed by atoms with Crippen molar-refractivity contribution in [2.24, 2.45) is 0 Å². The first-order valence-electron chi connectivity index (χ1n) is 12.4. The van der Waals surface area contributed by atoms with Crippen LogP contribution in [0.2, 0.25) is 0 Å². The summed E-state index contributed by atoms with van der Waals surface area (Å²) in [5.41, 5.74) is 1.65. The van der Waals surface area contributed by atoms with Crippen LogP contribution in [0, 0.1) is 6.92 Å². The molecule has 0 bridgehead atoms. The third kappa shape index (κ3) is 9.47. The van der Waals surface area contributed by atoms with Gasteiger partial charge < -0.3 is 18.4 Å². The van der Waals surface area contributed by atoms with Gasteiger partial charge >= 0.3 is 12.1 Å². The van der Waals surface area contributed by atoms with Gasteiger partial charge in [-0.15, -0.1) is 0 Å². The molecule has 0 aliphatic heterocycles. The minimum Gasteiger partial charge on any atom is -0.482 e. The Hall–Kier alpha value is -3.24. The number of halogens is 3. The second-order valence-corrected chi connectivity index (χ2v) is 11.3. The summed E-state index contributed by atoms with van der Waals surface area (Å²) in [6.45, 7) is 9.88. The molecule has 0 radical (unpaired) electrons. The van der Waals surface area contributed by atoms with E-state index in [4.69, 9.17) is 18.4 Å². The average molecular weight is 564 g/mol. The van der Waals surface area contributed by atoms with Crippen molar-refractivity contribution in [2.75, 3.05) is 19.8 Å². The minimum absolute atomic E-state index is 0.144. The second-order valence-electron chi connectivity index (χ2n) is 9.63. The topological polar surface area (TPSA) is 66.9 Å². The zero-order valence-corrected chi connectivity index (χ0v) is 23.3. The van der Waals surface area contributed by atoms with E-state index >= 15 is 0 Å². The lowest BCUT2D eigenvalue weighted by Gasteiger charge is -2.22. The average Bonchev–Trinajstić information content (AvgIpc) is 2.87. The monoisotopic (exact) mass is 563 g/mol. The van der Waals surface area contributed by atoms with Gasteiger partial charge in [-0.2, -0.15) is 13.2 Å². The number of carbonyl (C=O) groups is 1. The molecule has 6 nitrogen and oxygen atoms in total. The third-order valence-electron chi connectivity index (χ3n) is 5.21. The van der Waals surface area contributed by atoms with E-state index in [2.05, 4.69) is 4.98 Å². The molecule has 1 heterocycles. The Kier molecular flexibility index (Phi) is 10.3. The van der Waals surface area contributed by atoms with E-state index in [0.717, 1.165) is 17.7 Å². The van der Waals surface area contributed by atoms with Crippen LogP contribution in [0.4, 0.5) is 13.2 Å². The number of hydrogen-bond donors (Lipinski definition) is 0. The van der Waals surface area contributed by atoms with E-state index in [1.54, 1.807) is 43.3 Å². The molecule has 1 atom stereocenters. The highest BCUT2D eigenvalue weighted by atomic mass is 32.2. The van der Waals surface area contributed by atoms with Gasteiger partial charge in [0.05, 0.1) is 23.6 Å². The summed E-state index contributed by atoms with van der Waals surface area (Å²) in [6.07, 6.45) is -5.02. The summed E-state index contributed by atoms with van der Waals surface area (Å²) >= 11 is 1.31. The van der Waals surface area contributed by atoms with Crippen LogP contribution < -0.4 is 9.47 Å². The van der Waals surface area contributed by atoms with E-state index in [1.165, 1.54) is 24.2 Å². The van der Waals surface area contributed by atoms with Gasteiger partial charge in [0.2, 0.25) is 0 Å². The summed E-state index contributed by atoms with van der Waals surface area (Å²) in [4.78, 5) is 16.3. The maximum absolute atomic E-state index is 13.0. The van der Waals surface area contributed by atoms with E-state index in [0.29, 0.717) is 28.5 Å². The largest absolute Gasteiger partial charge is 0.482 e. The first-order valence-corrected chi connectivity index (χ1v) is 13.1. The van der Waals surface area contributed by atoms with Crippen molar-refractivity contribution in [2.45, 2.75) is 51.6 Å². The molecule has 1 unspecified atom stereocenters. The fourth-order valence-electron chi connectivity index (χ4n) is 3.43. The molecule has 0 aliphatic carbocycles. The highest BCUT2D eigenvalue weighted by molar-refractivity contribution is 7.96. The van der Waals surface area contributed by atoms with Crippen molar-refractivity contribution in [1.29, 1.82) is 0 Å². The molecule has 0 N–H and O–H groups in total. The molecule has 0 aliphatic rings. The van der Waals surface area contributed by atoms with Crippen LogP contribution in [-0.4, -0.2) is 35.5 Å². The molecule has 0 saturated heterocycles. The lowest BCUT2D eigenvalue weighted by atomic mass is 10.1. The quantitative estimate of drug-likeness (QED) is 0.176. The van der Waals surface area contributed by atoms with Gasteiger partial charge in [0.1, 0.15) is 18.1 Å². The van der Waals surface area contributed by atoms with E-state index in [1.807, 2.05) is 27.7 Å². The summed E-state index contributed by atoms with van der Waals surface area (Å²) in [6, 6.07) is 15.4. The van der Waals surface area contributed by atoms with Crippen molar-refractivity contribution in [1.82, 2.24) is 4.98 Å². The molecule has 210 valence electrons. The lowest BCUT2D eigenvalue weighted by Crippen LogP contribution is -2.17. The first kappa shape index (κ1) is 30.3. The fraction of sp³-hybridized carbons (Fsp3) is 0.379. The molecule has 3 aromatic rings. The Balaban J connectivity index is 1.82. The number of aromatic nitrogens is 1. The maximum Gasteiger partial charge on any atom is 0.416 e. The minimum atomic E-state index is -4.41. The number of esters is 1. The standard InChI is InChI=1S/C29H32F3NO5S/c1-6-35-27(34)18-36-25-15-14-22(16-19(25)2)38-26(17-37-39-28(3,4)5)24-9-7-8-23(33-24)20-10-12-21(13-11-20)29(30,31)32/h7-16,26H,6,17-18H2,1-5H3. The summed E-state index contributed by atoms with van der Waals surface area (Å²) in [7, 11) is 0. The van der Waals surface area contributed by atoms with Crippen LogP contribution in [0.15, 0.2) is 60.7 Å². The number of nitrogens with zero attached hydrogens (tertiary/aromatic N) is 1. The Morgan fingerprint density at radius 1 is 1.03 bits per heavy atom. The number of hydrogen-bond acceptors (Lipinski definition) is 7. The number of rotatable bonds is 11. The molecule has 0 saturated carbocycles. The number of ether oxygens (including phenoxy) is 3. The molecule has 2 aromatic carbocycles. The second kappa shape index (κ2) is 13.2. The van der Waals surface area contributed by atoms with Crippen LogP contribution in [-0.2, 0) is 19.9 Å². The SMILES string of the molecule is CCOC(=O)COc1ccc(OC(COSC(C)(C)C)c2cccc(-c3ccc(C(F)(F)F)cc3)n2)cc1C. The van der Waals surface area contributed by atoms with Crippen LogP contribution in [0.3, 0.4) is 0 Å². The molecular formula is C29H32F3NO5S. The zero-order chi connectivity index (χ0) is 28.6. The molecule has 0 spiro atoms. The lowest BCUT2D eigenvalue weighted by molar-refractivity contribution is -0.145. The summed E-state index contributed by atoms with van der Waals surface area (Å²) in [5.74, 6) is 0.603. The van der Waals surface area contributed by atoms with Crippen molar-refractivity contribution in [3.63, 3.8) is 0 Å². The number of alkyl halides is 3. The van der Waals surface area contributed by atoms with E-state index < -0.39 is 23.8 Å². The van der Waals surface area contributed by atoms with Crippen molar-refractivity contribution >= 4 is 18.0 Å². The Morgan fingerprint density at radius 2 is 1.74 bits per heavy atom. The van der Waals surface area contributed by atoms with Crippen molar-refractivity contribution < 1.29 is 36.4 Å². The van der Waals surface area contributed by atoms with Gasteiger partial charge in [-0.25, -0.2) is 9.78 Å². The normalized spacial score (nSPS) is 12.6. The molecule has 3 rings (SSSR count). The van der Waals surface area contributed by atoms with Crippen LogP contribution in [0.5, 0.6) is 11.5 Å². The maximum atomic E-state index is 13.0. The number of pyridine rings is 1. The summed E-state index contributed by atoms with van der Waals surface area (Å²) in [5, 5.41) is 0. The van der Waals surface area contributed by atoms with Crippen LogP contribution in [0.1, 0.15) is 50.6 Å². The predicted octanol–water partition coefficient (Wildman–Crippen LogP) is 7.60. The molecule has 10 heteroatoms. The van der Waals surface area contributed by atoms with E-state index in [-0.39, 0.29) is 24.6 Å². The summed E-state index contributed by atoms with van der Waals surface area (Å²) < 4.78 is 61.4. The zero-order valence-electron chi connectivity index (χ0n) is 22.5.